The Kier molecular flexibility index (Phi) is 3.16. The smallest absolute Gasteiger partial charge is 0.234 e. The molecule has 3 atom stereocenters. The topological polar surface area (TPSA) is 63.4 Å². The van der Waals surface area contributed by atoms with Gasteiger partial charge in [0.15, 0.2) is 0 Å². The minimum Gasteiger partial charge on any atom is -0.392 e. The zero-order chi connectivity index (χ0) is 14.7. The van der Waals surface area contributed by atoms with E-state index >= 15 is 0 Å². The first-order valence-corrected chi connectivity index (χ1v) is 7.94. The quantitative estimate of drug-likeness (QED) is 0.637. The Balaban J connectivity index is 1.85. The normalized spacial score (nSPS) is 34.0. The number of piperidine rings is 1. The number of nitrogens with two attached hydrogens (primary N) is 1. The highest BCUT2D eigenvalue weighted by Crippen LogP contribution is 2.63. The molecule has 0 bridgehead atoms. The van der Waals surface area contributed by atoms with E-state index in [-0.39, 0.29) is 41.0 Å². The van der Waals surface area contributed by atoms with Gasteiger partial charge in [0.05, 0.1) is 22.9 Å². The summed E-state index contributed by atoms with van der Waals surface area (Å²) < 4.78 is 0. The average molecular weight is 294 g/mol. The molecule has 1 heterocycles. The number of hydrogen-bond acceptors (Lipinski definition) is 3. The molecule has 2 saturated carbocycles. The highest BCUT2D eigenvalue weighted by Gasteiger charge is 2.73. The van der Waals surface area contributed by atoms with Crippen LogP contribution in [0.3, 0.4) is 0 Å². The number of rotatable bonds is 3. The van der Waals surface area contributed by atoms with Crippen molar-refractivity contribution in [1.29, 1.82) is 0 Å². The number of likely N-dealkylation sites (tertiary alicyclic amines) is 1. The van der Waals surface area contributed by atoms with E-state index in [1.807, 2.05) is 13.8 Å². The van der Waals surface area contributed by atoms with E-state index in [0.29, 0.717) is 4.99 Å². The molecule has 2 amide bonds. The molecule has 2 N–H and O–H groups in total. The summed E-state index contributed by atoms with van der Waals surface area (Å²) >= 11 is 5.18. The van der Waals surface area contributed by atoms with Crippen LogP contribution in [0.5, 0.6) is 0 Å². The number of amides is 2. The van der Waals surface area contributed by atoms with Gasteiger partial charge in [-0.05, 0) is 24.2 Å². The van der Waals surface area contributed by atoms with E-state index in [1.54, 1.807) is 0 Å². The van der Waals surface area contributed by atoms with E-state index in [0.717, 1.165) is 25.7 Å². The van der Waals surface area contributed by atoms with Gasteiger partial charge in [0, 0.05) is 0 Å². The Hall–Kier alpha value is -0.970. The molecule has 3 aliphatic rings. The standard InChI is InChI=1S/C15H22N2O2S/c1-15(2)9-10(15)14(19)17(13(9)18)11(12(16)20)8-6-4-3-5-7-8/h8-11H,3-7H2,1-2H3,(H2,16,20). The van der Waals surface area contributed by atoms with Crippen molar-refractivity contribution in [2.45, 2.75) is 52.0 Å². The highest BCUT2D eigenvalue weighted by molar-refractivity contribution is 7.80. The molecule has 1 saturated heterocycles. The van der Waals surface area contributed by atoms with Gasteiger partial charge in [-0.25, -0.2) is 0 Å². The van der Waals surface area contributed by atoms with E-state index in [9.17, 15) is 9.59 Å². The van der Waals surface area contributed by atoms with Gasteiger partial charge >= 0.3 is 0 Å². The fourth-order valence-electron chi connectivity index (χ4n) is 4.26. The molecule has 0 spiro atoms. The minimum atomic E-state index is -0.353. The van der Waals surface area contributed by atoms with Crippen LogP contribution in [0, 0.1) is 23.2 Å². The van der Waals surface area contributed by atoms with Crippen LogP contribution >= 0.6 is 12.2 Å². The fraction of sp³-hybridized carbons (Fsp3) is 0.800. The van der Waals surface area contributed by atoms with Crippen LogP contribution < -0.4 is 5.73 Å². The number of carbonyl (C=O) groups is 2. The maximum atomic E-state index is 12.6. The zero-order valence-corrected chi connectivity index (χ0v) is 12.9. The second-order valence-corrected chi connectivity index (χ2v) is 7.54. The molecule has 3 rings (SSSR count). The Morgan fingerprint density at radius 2 is 1.70 bits per heavy atom. The van der Waals surface area contributed by atoms with Crippen LogP contribution in [0.4, 0.5) is 0 Å². The number of nitrogens with zero attached hydrogens (tertiary/aromatic N) is 1. The van der Waals surface area contributed by atoms with Crippen LogP contribution in [0.15, 0.2) is 0 Å². The van der Waals surface area contributed by atoms with Crippen molar-refractivity contribution in [3.8, 4) is 0 Å². The first-order chi connectivity index (χ1) is 9.37. The summed E-state index contributed by atoms with van der Waals surface area (Å²) in [6.45, 7) is 3.98. The third kappa shape index (κ3) is 1.82. The summed E-state index contributed by atoms with van der Waals surface area (Å²) in [6, 6.07) is -0.353. The van der Waals surface area contributed by atoms with Gasteiger partial charge in [-0.1, -0.05) is 45.3 Å². The summed E-state index contributed by atoms with van der Waals surface area (Å²) in [4.78, 5) is 26.8. The molecule has 110 valence electrons. The molecule has 2 aliphatic carbocycles. The number of hydrogen-bond donors (Lipinski definition) is 1. The molecule has 3 unspecified atom stereocenters. The van der Waals surface area contributed by atoms with Gasteiger partial charge in [-0.3, -0.25) is 14.5 Å². The van der Waals surface area contributed by atoms with Crippen molar-refractivity contribution in [3.63, 3.8) is 0 Å². The van der Waals surface area contributed by atoms with E-state index in [4.69, 9.17) is 18.0 Å². The lowest BCUT2D eigenvalue weighted by Crippen LogP contribution is -2.53. The molecular weight excluding hydrogens is 272 g/mol. The molecular formula is C15H22N2O2S. The zero-order valence-electron chi connectivity index (χ0n) is 12.1. The predicted molar refractivity (Wildman–Crippen MR) is 79.8 cm³/mol. The molecule has 3 fully saturated rings. The third-order valence-corrected chi connectivity index (χ3v) is 5.74. The minimum absolute atomic E-state index is 0.0478. The summed E-state index contributed by atoms with van der Waals surface area (Å²) in [6.07, 6.45) is 5.52. The lowest BCUT2D eigenvalue weighted by molar-refractivity contribution is -0.145. The van der Waals surface area contributed by atoms with Crippen LogP contribution in [0.25, 0.3) is 0 Å². The number of fused-ring (bicyclic) bond motifs is 1. The van der Waals surface area contributed by atoms with Crippen molar-refractivity contribution < 1.29 is 9.59 Å². The van der Waals surface area contributed by atoms with Crippen LogP contribution in [-0.4, -0.2) is 27.7 Å². The first-order valence-electron chi connectivity index (χ1n) is 7.53. The van der Waals surface area contributed by atoms with Crippen LogP contribution in [0.1, 0.15) is 46.0 Å². The second-order valence-electron chi connectivity index (χ2n) is 7.07. The van der Waals surface area contributed by atoms with E-state index in [2.05, 4.69) is 0 Å². The van der Waals surface area contributed by atoms with E-state index < -0.39 is 0 Å². The average Bonchev–Trinajstić information content (AvgIpc) is 2.86. The van der Waals surface area contributed by atoms with Crippen molar-refractivity contribution in [2.75, 3.05) is 0 Å². The molecule has 5 heteroatoms. The summed E-state index contributed by atoms with van der Waals surface area (Å²) in [7, 11) is 0. The molecule has 0 aromatic carbocycles. The molecule has 0 aromatic rings. The number of imide groups is 1. The number of thiocarbonyl (C=S) groups is 1. The second kappa shape index (κ2) is 4.52. The Morgan fingerprint density at radius 3 is 2.15 bits per heavy atom. The van der Waals surface area contributed by atoms with Crippen LogP contribution in [-0.2, 0) is 9.59 Å². The van der Waals surface area contributed by atoms with Crippen molar-refractivity contribution in [1.82, 2.24) is 4.90 Å². The van der Waals surface area contributed by atoms with Crippen molar-refractivity contribution in [3.05, 3.63) is 0 Å². The molecule has 20 heavy (non-hydrogen) atoms. The van der Waals surface area contributed by atoms with Gasteiger partial charge in [-0.15, -0.1) is 0 Å². The molecule has 1 aliphatic heterocycles. The first kappa shape index (κ1) is 14.0. The van der Waals surface area contributed by atoms with Gasteiger partial charge in [-0.2, -0.15) is 0 Å². The Labute approximate surface area is 125 Å². The van der Waals surface area contributed by atoms with Crippen LogP contribution in [0.2, 0.25) is 0 Å². The third-order valence-electron chi connectivity index (χ3n) is 5.50. The van der Waals surface area contributed by atoms with Gasteiger partial charge in [0.1, 0.15) is 0 Å². The predicted octanol–water partition coefficient (Wildman–Crippen LogP) is 1.86. The monoisotopic (exact) mass is 294 g/mol. The molecule has 4 nitrogen and oxygen atoms in total. The molecule has 0 radical (unpaired) electrons. The van der Waals surface area contributed by atoms with Crippen molar-refractivity contribution in [2.24, 2.45) is 28.9 Å². The molecule has 0 aromatic heterocycles. The van der Waals surface area contributed by atoms with E-state index in [1.165, 1.54) is 11.3 Å². The largest absolute Gasteiger partial charge is 0.392 e. The Morgan fingerprint density at radius 1 is 1.20 bits per heavy atom. The van der Waals surface area contributed by atoms with Gasteiger partial charge in [0.2, 0.25) is 11.8 Å². The van der Waals surface area contributed by atoms with Gasteiger partial charge < -0.3 is 5.73 Å². The summed E-state index contributed by atoms with van der Waals surface area (Å²) in [5.41, 5.74) is 5.72. The van der Waals surface area contributed by atoms with Crippen molar-refractivity contribution >= 4 is 29.0 Å². The summed E-state index contributed by atoms with van der Waals surface area (Å²) in [5, 5.41) is 0. The maximum absolute atomic E-state index is 12.6. The maximum Gasteiger partial charge on any atom is 0.234 e. The number of carbonyl (C=O) groups excluding carboxylic acids is 2. The SMILES string of the molecule is CC1(C)C2C(=O)N(C(C(N)=S)C3CCCCC3)C(=O)C21. The lowest BCUT2D eigenvalue weighted by Gasteiger charge is -2.36. The van der Waals surface area contributed by atoms with Gasteiger partial charge in [0.25, 0.3) is 0 Å². The summed E-state index contributed by atoms with van der Waals surface area (Å²) in [5.74, 6) is -0.123. The lowest BCUT2D eigenvalue weighted by atomic mass is 9.83. The fourth-order valence-corrected chi connectivity index (χ4v) is 4.56. The Bertz CT molecular complexity index is 458. The highest BCUT2D eigenvalue weighted by atomic mass is 32.1.